The van der Waals surface area contributed by atoms with Crippen LogP contribution in [0.3, 0.4) is 0 Å². The van der Waals surface area contributed by atoms with Gasteiger partial charge in [-0.2, -0.15) is 26.3 Å². The molecule has 0 spiro atoms. The molecule has 0 unspecified atom stereocenters. The number of esters is 1. The number of rotatable bonds is 3. The smallest absolute Gasteiger partial charge is 0.437 e. The van der Waals surface area contributed by atoms with Gasteiger partial charge in [0.15, 0.2) is 0 Å². The molecular weight excluding hydrogens is 306 g/mol. The maximum Gasteiger partial charge on any atom is 0.437 e. The predicted molar refractivity (Wildman–Crippen MR) is 59.3 cm³/mol. The molecule has 9 heteroatoms. The van der Waals surface area contributed by atoms with Crippen LogP contribution >= 0.6 is 0 Å². The molecule has 0 bridgehead atoms. The lowest BCUT2D eigenvalue weighted by atomic mass is 9.82. The van der Waals surface area contributed by atoms with Crippen molar-refractivity contribution in [1.29, 1.82) is 0 Å². The van der Waals surface area contributed by atoms with Crippen LogP contribution in [0.1, 0.15) is 45.4 Å². The highest BCUT2D eigenvalue weighted by atomic mass is 19.4. The lowest BCUT2D eigenvalue weighted by molar-refractivity contribution is -0.359. The number of ether oxygens (including phenoxy) is 1. The van der Waals surface area contributed by atoms with Crippen molar-refractivity contribution in [2.24, 2.45) is 0 Å². The highest BCUT2D eigenvalue weighted by Gasteiger charge is 2.77. The summed E-state index contributed by atoms with van der Waals surface area (Å²) >= 11 is 0. The predicted octanol–water partition coefficient (Wildman–Crippen LogP) is 3.50. The monoisotopic (exact) mass is 322 g/mol. The summed E-state index contributed by atoms with van der Waals surface area (Å²) in [5, 5.41) is 8.97. The Morgan fingerprint density at radius 3 is 1.81 bits per heavy atom. The summed E-state index contributed by atoms with van der Waals surface area (Å²) in [7, 11) is 0. The Morgan fingerprint density at radius 2 is 1.48 bits per heavy atom. The lowest BCUT2D eigenvalue weighted by Crippen LogP contribution is -2.64. The van der Waals surface area contributed by atoms with E-state index < -0.39 is 29.5 Å². The van der Waals surface area contributed by atoms with E-state index in [1.165, 1.54) is 6.92 Å². The van der Waals surface area contributed by atoms with Crippen LogP contribution in [0.2, 0.25) is 0 Å². The van der Waals surface area contributed by atoms with Gasteiger partial charge in [0.2, 0.25) is 0 Å². The fourth-order valence-corrected chi connectivity index (χ4v) is 2.39. The van der Waals surface area contributed by atoms with Crippen molar-refractivity contribution >= 4 is 5.97 Å². The van der Waals surface area contributed by atoms with Crippen LogP contribution in [-0.2, 0) is 9.53 Å². The zero-order chi connectivity index (χ0) is 16.5. The zero-order valence-electron chi connectivity index (χ0n) is 11.3. The van der Waals surface area contributed by atoms with Gasteiger partial charge in [-0.3, -0.25) is 0 Å². The molecule has 1 aliphatic carbocycles. The van der Waals surface area contributed by atoms with E-state index in [0.717, 1.165) is 6.42 Å². The van der Waals surface area contributed by atoms with Crippen LogP contribution in [-0.4, -0.2) is 34.6 Å². The summed E-state index contributed by atoms with van der Waals surface area (Å²) < 4.78 is 79.9. The molecule has 1 N–H and O–H groups in total. The van der Waals surface area contributed by atoms with Gasteiger partial charge >= 0.3 is 23.9 Å². The van der Waals surface area contributed by atoms with E-state index in [1.807, 2.05) is 0 Å². The number of alkyl halides is 6. The summed E-state index contributed by atoms with van der Waals surface area (Å²) in [4.78, 5) is 11.5. The van der Waals surface area contributed by atoms with E-state index in [4.69, 9.17) is 5.11 Å². The molecule has 0 amide bonds. The molecule has 1 saturated carbocycles. The zero-order valence-corrected chi connectivity index (χ0v) is 11.3. The van der Waals surface area contributed by atoms with Gasteiger partial charge in [-0.05, 0) is 32.1 Å². The Bertz CT molecular complexity index is 367. The first-order valence-corrected chi connectivity index (χ1v) is 6.49. The van der Waals surface area contributed by atoms with Gasteiger partial charge in [-0.1, -0.05) is 13.3 Å². The number of carbonyl (C=O) groups is 1. The number of hydrogen-bond acceptors (Lipinski definition) is 3. The van der Waals surface area contributed by atoms with Crippen LogP contribution < -0.4 is 0 Å². The van der Waals surface area contributed by atoms with Crippen molar-refractivity contribution in [2.75, 3.05) is 0 Å². The Labute approximate surface area is 117 Å². The van der Waals surface area contributed by atoms with E-state index in [2.05, 4.69) is 4.74 Å². The Balaban J connectivity index is 3.08. The first-order chi connectivity index (χ1) is 9.40. The third-order valence-corrected chi connectivity index (χ3v) is 3.83. The minimum absolute atomic E-state index is 0.0878. The Kier molecular flexibility index (Phi) is 4.87. The van der Waals surface area contributed by atoms with E-state index in [-0.39, 0.29) is 19.3 Å². The molecule has 21 heavy (non-hydrogen) atoms. The molecule has 0 aliphatic heterocycles. The molecule has 3 nitrogen and oxygen atoms in total. The van der Waals surface area contributed by atoms with E-state index >= 15 is 0 Å². The van der Waals surface area contributed by atoms with Gasteiger partial charge in [0.1, 0.15) is 5.60 Å². The fraction of sp³-hybridized carbons (Fsp3) is 0.917. The summed E-state index contributed by atoms with van der Waals surface area (Å²) in [5.41, 5.74) is -6.88. The summed E-state index contributed by atoms with van der Waals surface area (Å²) in [6, 6.07) is 0. The average Bonchev–Trinajstić information content (AvgIpc) is 2.36. The average molecular weight is 322 g/mol. The van der Waals surface area contributed by atoms with Crippen molar-refractivity contribution < 1.29 is 41.0 Å². The van der Waals surface area contributed by atoms with E-state index in [9.17, 15) is 31.1 Å². The number of aliphatic hydroxyl groups is 1. The molecule has 124 valence electrons. The standard InChI is InChI=1S/C12H16F6O3/c1-2-9(6-4-3-5-7-9)21-8(19)10(20,11(13,14)15)12(16,17)18/h20H,2-7H2,1H3. The molecule has 0 aromatic carbocycles. The van der Waals surface area contributed by atoms with Crippen LogP contribution in [0.5, 0.6) is 0 Å². The molecule has 0 atom stereocenters. The molecule has 1 fully saturated rings. The fourth-order valence-electron chi connectivity index (χ4n) is 2.39. The van der Waals surface area contributed by atoms with Gasteiger partial charge < -0.3 is 9.84 Å². The largest absolute Gasteiger partial charge is 0.456 e. The Morgan fingerprint density at radius 1 is 1.05 bits per heavy atom. The number of carbonyl (C=O) groups excluding carboxylic acids is 1. The van der Waals surface area contributed by atoms with Gasteiger partial charge in [0.25, 0.3) is 0 Å². The van der Waals surface area contributed by atoms with Crippen molar-refractivity contribution in [2.45, 2.75) is 69.0 Å². The molecule has 0 aromatic heterocycles. The third-order valence-electron chi connectivity index (χ3n) is 3.83. The highest BCUT2D eigenvalue weighted by Crippen LogP contribution is 2.45. The number of hydrogen-bond donors (Lipinski definition) is 1. The number of halogens is 6. The van der Waals surface area contributed by atoms with E-state index in [1.54, 1.807) is 0 Å². The first-order valence-electron chi connectivity index (χ1n) is 6.49. The van der Waals surface area contributed by atoms with Crippen LogP contribution in [0, 0.1) is 0 Å². The van der Waals surface area contributed by atoms with Gasteiger partial charge in [-0.25, -0.2) is 4.79 Å². The van der Waals surface area contributed by atoms with Gasteiger partial charge in [0, 0.05) is 0 Å². The molecule has 1 aliphatic rings. The topological polar surface area (TPSA) is 46.5 Å². The lowest BCUT2D eigenvalue weighted by Gasteiger charge is -2.39. The molecule has 0 heterocycles. The van der Waals surface area contributed by atoms with Gasteiger partial charge in [0.05, 0.1) is 0 Å². The first kappa shape index (κ1) is 18.1. The third kappa shape index (κ3) is 3.27. The summed E-state index contributed by atoms with van der Waals surface area (Å²) in [6.07, 6.45) is -10.1. The molecule has 0 radical (unpaired) electrons. The normalized spacial score (nSPS) is 20.2. The molecular formula is C12H16F6O3. The minimum Gasteiger partial charge on any atom is -0.456 e. The Hall–Kier alpha value is -0.990. The maximum absolute atomic E-state index is 12.6. The van der Waals surface area contributed by atoms with Gasteiger partial charge in [-0.15, -0.1) is 0 Å². The maximum atomic E-state index is 12.6. The van der Waals surface area contributed by atoms with Crippen molar-refractivity contribution in [3.05, 3.63) is 0 Å². The van der Waals surface area contributed by atoms with Crippen LogP contribution in [0.4, 0.5) is 26.3 Å². The minimum atomic E-state index is -6.20. The van der Waals surface area contributed by atoms with Crippen LogP contribution in [0.15, 0.2) is 0 Å². The molecule has 0 saturated heterocycles. The summed E-state index contributed by atoms with van der Waals surface area (Å²) in [5.74, 6) is -2.70. The van der Waals surface area contributed by atoms with E-state index in [0.29, 0.717) is 12.8 Å². The summed E-state index contributed by atoms with van der Waals surface area (Å²) in [6.45, 7) is 1.51. The SMILES string of the molecule is CCC1(OC(=O)C(O)(C(F)(F)F)C(F)(F)F)CCCCC1. The van der Waals surface area contributed by atoms with Crippen molar-refractivity contribution in [3.8, 4) is 0 Å². The van der Waals surface area contributed by atoms with Crippen LogP contribution in [0.25, 0.3) is 0 Å². The highest BCUT2D eigenvalue weighted by molar-refractivity contribution is 5.82. The second kappa shape index (κ2) is 5.66. The molecule has 0 aromatic rings. The molecule has 1 rings (SSSR count). The van der Waals surface area contributed by atoms with Crippen molar-refractivity contribution in [3.63, 3.8) is 0 Å². The quantitative estimate of drug-likeness (QED) is 0.639. The van der Waals surface area contributed by atoms with Crippen molar-refractivity contribution in [1.82, 2.24) is 0 Å². The second-order valence-corrected chi connectivity index (χ2v) is 5.19. The second-order valence-electron chi connectivity index (χ2n) is 5.19.